The Morgan fingerprint density at radius 2 is 1.88 bits per heavy atom. The largest absolute Gasteiger partial charge is 0.502 e. The van der Waals surface area contributed by atoms with Gasteiger partial charge in [0.05, 0.1) is 14.2 Å². The van der Waals surface area contributed by atoms with Gasteiger partial charge in [0.15, 0.2) is 11.5 Å². The maximum absolute atomic E-state index is 12.3. The Labute approximate surface area is 158 Å². The molecular formula is C18H15IN2O4. The number of halogens is 1. The van der Waals surface area contributed by atoms with Crippen molar-refractivity contribution >= 4 is 40.3 Å². The van der Waals surface area contributed by atoms with Crippen molar-refractivity contribution in [1.82, 2.24) is 0 Å². The lowest BCUT2D eigenvalue weighted by atomic mass is 10.1. The van der Waals surface area contributed by atoms with Crippen LogP contribution in [0.3, 0.4) is 0 Å². The van der Waals surface area contributed by atoms with Gasteiger partial charge in [-0.25, -0.2) is 0 Å². The highest BCUT2D eigenvalue weighted by molar-refractivity contribution is 14.1. The van der Waals surface area contributed by atoms with Crippen LogP contribution in [0.1, 0.15) is 5.56 Å². The first kappa shape index (κ1) is 18.6. The number of nitriles is 1. The highest BCUT2D eigenvalue weighted by Gasteiger charge is 2.13. The second-order valence-corrected chi connectivity index (χ2v) is 6.15. The summed E-state index contributed by atoms with van der Waals surface area (Å²) in [5.74, 6) is -0.318. The highest BCUT2D eigenvalue weighted by atomic mass is 127. The van der Waals surface area contributed by atoms with E-state index in [-0.39, 0.29) is 22.8 Å². The molecule has 25 heavy (non-hydrogen) atoms. The van der Waals surface area contributed by atoms with Crippen molar-refractivity contribution in [3.05, 3.63) is 51.1 Å². The molecule has 0 aromatic heterocycles. The van der Waals surface area contributed by atoms with Crippen LogP contribution in [0, 0.1) is 14.9 Å². The van der Waals surface area contributed by atoms with Crippen LogP contribution in [0.2, 0.25) is 0 Å². The van der Waals surface area contributed by atoms with Gasteiger partial charge >= 0.3 is 0 Å². The lowest BCUT2D eigenvalue weighted by Crippen LogP contribution is -2.13. The number of aromatic hydroxyl groups is 1. The number of carbonyl (C=O) groups excluding carboxylic acids is 1. The molecule has 0 aliphatic heterocycles. The minimum absolute atomic E-state index is 0.0892. The van der Waals surface area contributed by atoms with Gasteiger partial charge in [0.25, 0.3) is 5.91 Å². The fourth-order valence-corrected chi connectivity index (χ4v) is 2.62. The number of rotatable bonds is 5. The minimum Gasteiger partial charge on any atom is -0.502 e. The van der Waals surface area contributed by atoms with Crippen LogP contribution < -0.4 is 14.8 Å². The number of methoxy groups -OCH3 is 2. The SMILES string of the molecule is COc1cc(/C=C(\C#N)C(=O)Nc2cccc(I)c2)cc(OC)c1O. The average molecular weight is 450 g/mol. The van der Waals surface area contributed by atoms with Crippen LogP contribution in [0.5, 0.6) is 17.2 Å². The van der Waals surface area contributed by atoms with Gasteiger partial charge in [-0.1, -0.05) is 6.07 Å². The smallest absolute Gasteiger partial charge is 0.266 e. The number of hydrogen-bond acceptors (Lipinski definition) is 5. The first-order valence-electron chi connectivity index (χ1n) is 7.12. The van der Waals surface area contributed by atoms with Crippen LogP contribution in [0.4, 0.5) is 5.69 Å². The molecule has 7 heteroatoms. The highest BCUT2D eigenvalue weighted by Crippen LogP contribution is 2.37. The van der Waals surface area contributed by atoms with Gasteiger partial charge in [0, 0.05) is 9.26 Å². The van der Waals surface area contributed by atoms with Gasteiger partial charge in [-0.3, -0.25) is 4.79 Å². The molecule has 128 valence electrons. The second-order valence-electron chi connectivity index (χ2n) is 4.91. The molecule has 2 N–H and O–H groups in total. The number of anilines is 1. The maximum atomic E-state index is 12.3. The second kappa shape index (κ2) is 8.39. The fourth-order valence-electron chi connectivity index (χ4n) is 2.08. The number of carbonyl (C=O) groups is 1. The standard InChI is InChI=1S/C18H15IN2O4/c1-24-15-7-11(8-16(25-2)17(15)22)6-12(10-20)18(23)21-14-5-3-4-13(19)9-14/h3-9,22H,1-2H3,(H,21,23)/b12-6+. The first-order chi connectivity index (χ1) is 12.0. The molecule has 0 unspecified atom stereocenters. The number of benzene rings is 2. The fraction of sp³-hybridized carbons (Fsp3) is 0.111. The van der Waals surface area contributed by atoms with Crippen LogP contribution in [0.15, 0.2) is 42.0 Å². The van der Waals surface area contributed by atoms with Crippen LogP contribution in [-0.4, -0.2) is 25.2 Å². The van der Waals surface area contributed by atoms with Crippen molar-refractivity contribution in [3.63, 3.8) is 0 Å². The summed E-state index contributed by atoms with van der Waals surface area (Å²) in [5.41, 5.74) is 0.994. The zero-order valence-electron chi connectivity index (χ0n) is 13.5. The van der Waals surface area contributed by atoms with E-state index in [1.165, 1.54) is 32.4 Å². The Kier molecular flexibility index (Phi) is 6.25. The third kappa shape index (κ3) is 4.64. The molecule has 0 aliphatic rings. The van der Waals surface area contributed by atoms with E-state index < -0.39 is 5.91 Å². The van der Waals surface area contributed by atoms with E-state index in [4.69, 9.17) is 9.47 Å². The zero-order valence-corrected chi connectivity index (χ0v) is 15.7. The summed E-state index contributed by atoms with van der Waals surface area (Å²) in [5, 5.41) is 21.9. The monoisotopic (exact) mass is 450 g/mol. The van der Waals surface area contributed by atoms with Crippen LogP contribution >= 0.6 is 22.6 Å². The van der Waals surface area contributed by atoms with Crippen molar-refractivity contribution in [2.45, 2.75) is 0 Å². The number of amides is 1. The van der Waals surface area contributed by atoms with Crippen molar-refractivity contribution in [2.24, 2.45) is 0 Å². The van der Waals surface area contributed by atoms with E-state index in [0.717, 1.165) is 3.57 Å². The summed E-state index contributed by atoms with van der Waals surface area (Å²) < 4.78 is 11.1. The molecule has 0 aliphatic carbocycles. The van der Waals surface area contributed by atoms with Crippen molar-refractivity contribution in [3.8, 4) is 23.3 Å². The summed E-state index contributed by atoms with van der Waals surface area (Å²) in [6.45, 7) is 0. The number of nitrogens with one attached hydrogen (secondary N) is 1. The van der Waals surface area contributed by atoms with E-state index in [1.54, 1.807) is 12.1 Å². The van der Waals surface area contributed by atoms with Gasteiger partial charge < -0.3 is 19.9 Å². The van der Waals surface area contributed by atoms with Crippen LogP contribution in [-0.2, 0) is 4.79 Å². The first-order valence-corrected chi connectivity index (χ1v) is 8.20. The van der Waals surface area contributed by atoms with Gasteiger partial charge in [-0.05, 0) is 64.6 Å². The summed E-state index contributed by atoms with van der Waals surface area (Å²) in [7, 11) is 2.80. The third-order valence-electron chi connectivity index (χ3n) is 3.26. The molecular weight excluding hydrogens is 435 g/mol. The molecule has 6 nitrogen and oxygen atoms in total. The van der Waals surface area contributed by atoms with Gasteiger partial charge in [-0.15, -0.1) is 0 Å². The molecule has 2 aromatic carbocycles. The molecule has 2 aromatic rings. The summed E-state index contributed by atoms with van der Waals surface area (Å²) >= 11 is 2.13. The quantitative estimate of drug-likeness (QED) is 0.413. The number of nitrogens with zero attached hydrogens (tertiary/aromatic N) is 1. The Morgan fingerprint density at radius 3 is 2.40 bits per heavy atom. The van der Waals surface area contributed by atoms with Gasteiger partial charge in [-0.2, -0.15) is 5.26 Å². The molecule has 0 heterocycles. The molecule has 0 bridgehead atoms. The molecule has 1 amide bonds. The Balaban J connectivity index is 2.33. The number of ether oxygens (including phenoxy) is 2. The summed E-state index contributed by atoms with van der Waals surface area (Å²) in [6, 6.07) is 12.1. The topological polar surface area (TPSA) is 91.6 Å². The predicted octanol–water partition coefficient (Wildman–Crippen LogP) is 3.56. The minimum atomic E-state index is -0.532. The third-order valence-corrected chi connectivity index (χ3v) is 3.93. The van der Waals surface area contributed by atoms with E-state index in [0.29, 0.717) is 11.3 Å². The van der Waals surface area contributed by atoms with E-state index in [9.17, 15) is 15.2 Å². The van der Waals surface area contributed by atoms with Crippen molar-refractivity contribution < 1.29 is 19.4 Å². The summed E-state index contributed by atoms with van der Waals surface area (Å²) in [4.78, 5) is 12.3. The Bertz CT molecular complexity index is 847. The molecule has 0 radical (unpaired) electrons. The molecule has 0 spiro atoms. The van der Waals surface area contributed by atoms with Gasteiger partial charge in [0.1, 0.15) is 11.6 Å². The van der Waals surface area contributed by atoms with E-state index >= 15 is 0 Å². The number of hydrogen-bond donors (Lipinski definition) is 2. The van der Waals surface area contributed by atoms with Crippen molar-refractivity contribution in [1.29, 1.82) is 5.26 Å². The summed E-state index contributed by atoms with van der Waals surface area (Å²) in [6.07, 6.45) is 1.40. The normalized spacial score (nSPS) is 10.7. The number of phenols is 1. The molecule has 0 saturated carbocycles. The lowest BCUT2D eigenvalue weighted by molar-refractivity contribution is -0.112. The molecule has 0 saturated heterocycles. The Morgan fingerprint density at radius 1 is 1.24 bits per heavy atom. The van der Waals surface area contributed by atoms with Crippen LogP contribution in [0.25, 0.3) is 6.08 Å². The Hall–Kier alpha value is -2.73. The molecule has 2 rings (SSSR count). The molecule has 0 fully saturated rings. The number of phenolic OH excluding ortho intramolecular Hbond substituents is 1. The maximum Gasteiger partial charge on any atom is 0.266 e. The van der Waals surface area contributed by atoms with Gasteiger partial charge in [0.2, 0.25) is 5.75 Å². The zero-order chi connectivity index (χ0) is 18.4. The van der Waals surface area contributed by atoms with E-state index in [1.807, 2.05) is 18.2 Å². The molecule has 0 atom stereocenters. The van der Waals surface area contributed by atoms with Crippen molar-refractivity contribution in [2.75, 3.05) is 19.5 Å². The predicted molar refractivity (Wildman–Crippen MR) is 103 cm³/mol. The average Bonchev–Trinajstić information content (AvgIpc) is 2.60. The van der Waals surface area contributed by atoms with E-state index in [2.05, 4.69) is 27.9 Å². The lowest BCUT2D eigenvalue weighted by Gasteiger charge is -2.10.